The van der Waals surface area contributed by atoms with Gasteiger partial charge in [-0.1, -0.05) is 72.8 Å². The molecule has 5 rings (SSSR count). The highest BCUT2D eigenvalue weighted by molar-refractivity contribution is 9.10. The van der Waals surface area contributed by atoms with E-state index in [9.17, 15) is 5.11 Å². The van der Waals surface area contributed by atoms with Crippen LogP contribution in [0.2, 0.25) is 0 Å². The lowest BCUT2D eigenvalue weighted by Gasteiger charge is -2.14. The fourth-order valence-electron chi connectivity index (χ4n) is 3.77. The number of phenols is 1. The first-order chi connectivity index (χ1) is 15.2. The Morgan fingerprint density at radius 3 is 2.26 bits per heavy atom. The van der Waals surface area contributed by atoms with Gasteiger partial charge in [-0.2, -0.15) is 0 Å². The highest BCUT2D eigenvalue weighted by Gasteiger charge is 2.19. The summed E-state index contributed by atoms with van der Waals surface area (Å²) in [5.41, 5.74) is 5.77. The molecule has 5 aromatic rings. The van der Waals surface area contributed by atoms with Gasteiger partial charge in [0.25, 0.3) is 0 Å². The van der Waals surface area contributed by atoms with Crippen molar-refractivity contribution in [1.82, 2.24) is 9.38 Å². The van der Waals surface area contributed by atoms with Crippen molar-refractivity contribution in [1.29, 1.82) is 0 Å². The number of hydrogen-bond acceptors (Lipinski definition) is 3. The molecule has 0 amide bonds. The van der Waals surface area contributed by atoms with Crippen molar-refractivity contribution in [2.75, 3.05) is 5.32 Å². The maximum absolute atomic E-state index is 10.1. The lowest BCUT2D eigenvalue weighted by Crippen LogP contribution is -2.05. The molecule has 0 spiro atoms. The van der Waals surface area contributed by atoms with E-state index in [4.69, 9.17) is 4.98 Å². The molecule has 0 saturated heterocycles. The van der Waals surface area contributed by atoms with E-state index in [0.29, 0.717) is 6.54 Å². The first-order valence-electron chi connectivity index (χ1n) is 10.0. The summed E-state index contributed by atoms with van der Waals surface area (Å²) >= 11 is 3.72. The SMILES string of the molecule is Oc1cccc(-c2c(Br)ccc3nc(-c4ccccc4)c(NCc4ccccc4)n23)c1. The molecule has 0 aliphatic carbocycles. The number of imidazole rings is 1. The zero-order chi connectivity index (χ0) is 21.2. The van der Waals surface area contributed by atoms with Crippen molar-refractivity contribution in [3.8, 4) is 28.3 Å². The number of nitrogens with zero attached hydrogens (tertiary/aromatic N) is 2. The topological polar surface area (TPSA) is 49.6 Å². The summed E-state index contributed by atoms with van der Waals surface area (Å²) in [5, 5.41) is 13.7. The van der Waals surface area contributed by atoms with Crippen LogP contribution in [0.25, 0.3) is 28.2 Å². The Kier molecular flexibility index (Phi) is 5.18. The van der Waals surface area contributed by atoms with Gasteiger partial charge in [-0.25, -0.2) is 4.98 Å². The first kappa shape index (κ1) is 19.4. The molecular weight excluding hydrogens is 450 g/mol. The van der Waals surface area contributed by atoms with Gasteiger partial charge in [0.1, 0.15) is 22.9 Å². The lowest BCUT2D eigenvalue weighted by atomic mass is 10.1. The minimum Gasteiger partial charge on any atom is -0.508 e. The van der Waals surface area contributed by atoms with Crippen molar-refractivity contribution in [3.05, 3.63) is 107 Å². The molecule has 0 radical (unpaired) electrons. The van der Waals surface area contributed by atoms with Crippen molar-refractivity contribution < 1.29 is 5.11 Å². The number of rotatable bonds is 5. The fourth-order valence-corrected chi connectivity index (χ4v) is 4.31. The van der Waals surface area contributed by atoms with Crippen LogP contribution in [0.3, 0.4) is 0 Å². The summed E-state index contributed by atoms with van der Waals surface area (Å²) in [5.74, 6) is 1.13. The molecular formula is C26H20BrN3O. The van der Waals surface area contributed by atoms with Crippen LogP contribution in [0.5, 0.6) is 5.75 Å². The van der Waals surface area contributed by atoms with Gasteiger partial charge < -0.3 is 10.4 Å². The number of aromatic hydroxyl groups is 1. The molecule has 0 unspecified atom stereocenters. The van der Waals surface area contributed by atoms with E-state index < -0.39 is 0 Å². The first-order valence-corrected chi connectivity index (χ1v) is 10.8. The molecule has 2 heterocycles. The zero-order valence-corrected chi connectivity index (χ0v) is 18.3. The smallest absolute Gasteiger partial charge is 0.139 e. The Morgan fingerprint density at radius 1 is 0.806 bits per heavy atom. The number of halogens is 1. The van der Waals surface area contributed by atoms with Crippen molar-refractivity contribution in [2.24, 2.45) is 0 Å². The zero-order valence-electron chi connectivity index (χ0n) is 16.7. The maximum Gasteiger partial charge on any atom is 0.139 e. The molecule has 3 aromatic carbocycles. The van der Waals surface area contributed by atoms with E-state index in [1.54, 1.807) is 12.1 Å². The molecule has 0 atom stereocenters. The van der Waals surface area contributed by atoms with Crippen LogP contribution < -0.4 is 5.32 Å². The Hall–Kier alpha value is -3.57. The minimum absolute atomic E-state index is 0.226. The largest absolute Gasteiger partial charge is 0.508 e. The summed E-state index contributed by atoms with van der Waals surface area (Å²) in [7, 11) is 0. The standard InChI is InChI=1S/C26H20BrN3O/c27-22-14-15-23-29-24(19-10-5-2-6-11-19)26(28-17-18-8-3-1-4-9-18)30(23)25(22)20-12-7-13-21(31)16-20/h1-16,28,31H,17H2. The quantitative estimate of drug-likeness (QED) is 0.299. The van der Waals surface area contributed by atoms with Gasteiger partial charge in [0.15, 0.2) is 0 Å². The van der Waals surface area contributed by atoms with Crippen LogP contribution in [-0.2, 0) is 6.54 Å². The number of pyridine rings is 1. The molecule has 0 fully saturated rings. The molecule has 0 saturated carbocycles. The molecule has 2 N–H and O–H groups in total. The van der Waals surface area contributed by atoms with Crippen LogP contribution in [0.15, 0.2) is 102 Å². The van der Waals surface area contributed by atoms with Crippen LogP contribution in [0.4, 0.5) is 5.82 Å². The molecule has 31 heavy (non-hydrogen) atoms. The summed E-state index contributed by atoms with van der Waals surface area (Å²) in [6, 6.07) is 31.8. The van der Waals surface area contributed by atoms with Crippen molar-refractivity contribution in [2.45, 2.75) is 6.54 Å². The number of benzene rings is 3. The summed E-state index contributed by atoms with van der Waals surface area (Å²) in [6.07, 6.45) is 0. The predicted octanol–water partition coefficient (Wildman–Crippen LogP) is 6.75. The Labute approximate surface area is 189 Å². The molecule has 0 aliphatic heterocycles. The molecule has 2 aromatic heterocycles. The van der Waals surface area contributed by atoms with Gasteiger partial charge in [0, 0.05) is 22.1 Å². The average Bonchev–Trinajstić information content (AvgIpc) is 3.17. The highest BCUT2D eigenvalue weighted by Crippen LogP contribution is 2.37. The van der Waals surface area contributed by atoms with E-state index in [-0.39, 0.29) is 5.75 Å². The molecule has 152 valence electrons. The summed E-state index contributed by atoms with van der Waals surface area (Å²) < 4.78 is 3.04. The number of phenolic OH excluding ortho intramolecular Hbond substituents is 1. The van der Waals surface area contributed by atoms with Gasteiger partial charge >= 0.3 is 0 Å². The Bertz CT molecular complexity index is 1350. The lowest BCUT2D eigenvalue weighted by molar-refractivity contribution is 0.475. The van der Waals surface area contributed by atoms with Gasteiger partial charge in [0.05, 0.1) is 5.69 Å². The summed E-state index contributed by atoms with van der Waals surface area (Å²) in [4.78, 5) is 4.96. The van der Waals surface area contributed by atoms with Gasteiger partial charge in [-0.3, -0.25) is 4.40 Å². The number of aromatic nitrogens is 2. The fraction of sp³-hybridized carbons (Fsp3) is 0.0385. The third kappa shape index (κ3) is 3.80. The second-order valence-corrected chi connectivity index (χ2v) is 8.14. The number of hydrogen-bond donors (Lipinski definition) is 2. The Morgan fingerprint density at radius 2 is 1.52 bits per heavy atom. The minimum atomic E-state index is 0.226. The van der Waals surface area contributed by atoms with Crippen molar-refractivity contribution in [3.63, 3.8) is 0 Å². The highest BCUT2D eigenvalue weighted by atomic mass is 79.9. The van der Waals surface area contributed by atoms with E-state index >= 15 is 0 Å². The second kappa shape index (κ2) is 8.28. The monoisotopic (exact) mass is 469 g/mol. The molecule has 0 aliphatic rings. The molecule has 4 nitrogen and oxygen atoms in total. The number of nitrogens with one attached hydrogen (secondary N) is 1. The number of anilines is 1. The van der Waals surface area contributed by atoms with Crippen molar-refractivity contribution >= 4 is 27.4 Å². The van der Waals surface area contributed by atoms with E-state index in [1.807, 2.05) is 60.7 Å². The number of fused-ring (bicyclic) bond motifs is 1. The third-order valence-corrected chi connectivity index (χ3v) is 5.84. The average molecular weight is 470 g/mol. The van der Waals surface area contributed by atoms with E-state index in [1.165, 1.54) is 5.56 Å². The van der Waals surface area contributed by atoms with Gasteiger partial charge in [0.2, 0.25) is 0 Å². The van der Waals surface area contributed by atoms with Crippen LogP contribution >= 0.6 is 15.9 Å². The van der Waals surface area contributed by atoms with Gasteiger partial charge in [-0.05, 0) is 45.8 Å². The maximum atomic E-state index is 10.1. The predicted molar refractivity (Wildman–Crippen MR) is 129 cm³/mol. The van der Waals surface area contributed by atoms with E-state index in [0.717, 1.165) is 38.5 Å². The third-order valence-electron chi connectivity index (χ3n) is 5.20. The summed E-state index contributed by atoms with van der Waals surface area (Å²) in [6.45, 7) is 0.667. The van der Waals surface area contributed by atoms with Crippen LogP contribution in [0, 0.1) is 0 Å². The normalized spacial score (nSPS) is 11.0. The van der Waals surface area contributed by atoms with E-state index in [2.05, 4.69) is 49.9 Å². The molecule has 0 bridgehead atoms. The Balaban J connectivity index is 1.74. The second-order valence-electron chi connectivity index (χ2n) is 7.29. The van der Waals surface area contributed by atoms with Crippen LogP contribution in [-0.4, -0.2) is 14.5 Å². The van der Waals surface area contributed by atoms with Gasteiger partial charge in [-0.15, -0.1) is 0 Å². The molecule has 5 heteroatoms. The van der Waals surface area contributed by atoms with Crippen LogP contribution in [0.1, 0.15) is 5.56 Å².